The molecule has 19 heavy (non-hydrogen) atoms. The van der Waals surface area contributed by atoms with Gasteiger partial charge in [0.2, 0.25) is 5.91 Å². The molecular formula is C15H18N2OS. The zero-order valence-electron chi connectivity index (χ0n) is 11.0. The normalized spacial score (nSPS) is 10.4. The maximum Gasteiger partial charge on any atom is 0.229 e. The van der Waals surface area contributed by atoms with Gasteiger partial charge in [-0.1, -0.05) is 31.2 Å². The lowest BCUT2D eigenvalue weighted by Crippen LogP contribution is -2.18. The first kappa shape index (κ1) is 13.8. The molecule has 0 saturated heterocycles. The summed E-state index contributed by atoms with van der Waals surface area (Å²) in [6.07, 6.45) is 0.438. The molecule has 0 aliphatic carbocycles. The Balaban J connectivity index is 1.99. The van der Waals surface area contributed by atoms with Crippen molar-refractivity contribution >= 4 is 22.9 Å². The highest BCUT2D eigenvalue weighted by atomic mass is 32.1. The maximum atomic E-state index is 12.0. The number of benzene rings is 1. The van der Waals surface area contributed by atoms with Gasteiger partial charge in [-0.3, -0.25) is 4.79 Å². The first-order valence-corrected chi connectivity index (χ1v) is 7.28. The fourth-order valence-corrected chi connectivity index (χ4v) is 2.53. The van der Waals surface area contributed by atoms with Crippen molar-refractivity contribution in [2.75, 3.05) is 11.9 Å². The van der Waals surface area contributed by atoms with Crippen molar-refractivity contribution in [1.82, 2.24) is 5.32 Å². The van der Waals surface area contributed by atoms with Crippen LogP contribution in [0.4, 0.5) is 5.69 Å². The Morgan fingerprint density at radius 1 is 1.21 bits per heavy atom. The van der Waals surface area contributed by atoms with Crippen molar-refractivity contribution in [3.63, 3.8) is 0 Å². The van der Waals surface area contributed by atoms with E-state index in [1.54, 1.807) is 11.3 Å². The van der Waals surface area contributed by atoms with Crippen LogP contribution >= 0.6 is 11.3 Å². The van der Waals surface area contributed by atoms with Crippen LogP contribution in [-0.2, 0) is 17.8 Å². The lowest BCUT2D eigenvalue weighted by atomic mass is 10.1. The molecule has 0 unspecified atom stereocenters. The summed E-state index contributed by atoms with van der Waals surface area (Å²) < 4.78 is 0. The fourth-order valence-electron chi connectivity index (χ4n) is 1.82. The Labute approximate surface area is 117 Å². The summed E-state index contributed by atoms with van der Waals surface area (Å²) in [7, 11) is 0. The van der Waals surface area contributed by atoms with Crippen molar-refractivity contribution in [2.24, 2.45) is 0 Å². The predicted molar refractivity (Wildman–Crippen MR) is 80.5 cm³/mol. The van der Waals surface area contributed by atoms with E-state index in [4.69, 9.17) is 0 Å². The molecule has 2 rings (SSSR count). The molecule has 0 aliphatic rings. The summed E-state index contributed by atoms with van der Waals surface area (Å²) in [5.41, 5.74) is 2.01. The topological polar surface area (TPSA) is 41.1 Å². The number of nitrogens with one attached hydrogen (secondary N) is 2. The second kappa shape index (κ2) is 7.07. The second-order valence-electron chi connectivity index (χ2n) is 4.24. The number of hydrogen-bond acceptors (Lipinski definition) is 3. The van der Waals surface area contributed by atoms with Crippen molar-refractivity contribution in [2.45, 2.75) is 19.9 Å². The molecule has 1 heterocycles. The van der Waals surface area contributed by atoms with Gasteiger partial charge in [0.05, 0.1) is 6.42 Å². The molecular weight excluding hydrogens is 256 g/mol. The summed E-state index contributed by atoms with van der Waals surface area (Å²) >= 11 is 1.61. The van der Waals surface area contributed by atoms with Crippen LogP contribution in [0.15, 0.2) is 41.8 Å². The second-order valence-corrected chi connectivity index (χ2v) is 5.27. The Hall–Kier alpha value is -1.65. The van der Waals surface area contributed by atoms with E-state index in [9.17, 15) is 4.79 Å². The average molecular weight is 274 g/mol. The van der Waals surface area contributed by atoms with E-state index < -0.39 is 0 Å². The molecule has 2 N–H and O–H groups in total. The average Bonchev–Trinajstić information content (AvgIpc) is 2.90. The molecule has 100 valence electrons. The molecule has 1 amide bonds. The third-order valence-electron chi connectivity index (χ3n) is 2.77. The Kier molecular flexibility index (Phi) is 5.12. The minimum Gasteiger partial charge on any atom is -0.325 e. The van der Waals surface area contributed by atoms with Crippen LogP contribution in [0.25, 0.3) is 0 Å². The van der Waals surface area contributed by atoms with Gasteiger partial charge in [0.1, 0.15) is 0 Å². The molecule has 1 aromatic heterocycles. The molecule has 0 fully saturated rings. The van der Waals surface area contributed by atoms with Gasteiger partial charge in [-0.25, -0.2) is 0 Å². The predicted octanol–water partition coefficient (Wildman–Crippen LogP) is 3.04. The van der Waals surface area contributed by atoms with Crippen LogP contribution in [0.2, 0.25) is 0 Å². The quantitative estimate of drug-likeness (QED) is 0.850. The molecule has 0 bridgehead atoms. The highest BCUT2D eigenvalue weighted by Gasteiger charge is 2.07. The highest BCUT2D eigenvalue weighted by molar-refractivity contribution is 7.10. The van der Waals surface area contributed by atoms with Gasteiger partial charge in [-0.15, -0.1) is 11.3 Å². The number of thiophene rings is 1. The van der Waals surface area contributed by atoms with Gasteiger partial charge in [-0.05, 0) is 29.6 Å². The first-order chi connectivity index (χ1) is 9.29. The summed E-state index contributed by atoms with van der Waals surface area (Å²) in [5.74, 6) is 0.0337. The first-order valence-electron chi connectivity index (χ1n) is 6.40. The lowest BCUT2D eigenvalue weighted by Gasteiger charge is -2.11. The zero-order valence-corrected chi connectivity index (χ0v) is 11.8. The number of rotatable bonds is 6. The van der Waals surface area contributed by atoms with E-state index in [0.717, 1.165) is 29.2 Å². The van der Waals surface area contributed by atoms with E-state index >= 15 is 0 Å². The number of amides is 1. The molecule has 3 nitrogen and oxygen atoms in total. The Morgan fingerprint density at radius 3 is 2.79 bits per heavy atom. The van der Waals surface area contributed by atoms with E-state index in [-0.39, 0.29) is 5.91 Å². The van der Waals surface area contributed by atoms with Crippen LogP contribution in [0, 0.1) is 0 Å². The van der Waals surface area contributed by atoms with Crippen LogP contribution in [0.3, 0.4) is 0 Å². The monoisotopic (exact) mass is 274 g/mol. The van der Waals surface area contributed by atoms with Crippen LogP contribution in [0.5, 0.6) is 0 Å². The zero-order chi connectivity index (χ0) is 13.5. The van der Waals surface area contributed by atoms with Gasteiger partial charge in [0, 0.05) is 17.1 Å². The summed E-state index contributed by atoms with van der Waals surface area (Å²) in [5, 5.41) is 8.25. The van der Waals surface area contributed by atoms with Gasteiger partial charge in [0.25, 0.3) is 0 Å². The van der Waals surface area contributed by atoms with Gasteiger partial charge >= 0.3 is 0 Å². The number of carbonyl (C=O) groups excluding carboxylic acids is 1. The largest absolute Gasteiger partial charge is 0.325 e. The Morgan fingerprint density at radius 2 is 2.05 bits per heavy atom. The molecule has 1 aromatic carbocycles. The summed E-state index contributed by atoms with van der Waals surface area (Å²) in [6, 6.07) is 11.8. The lowest BCUT2D eigenvalue weighted by molar-refractivity contribution is -0.115. The smallest absolute Gasteiger partial charge is 0.229 e. The Bertz CT molecular complexity index is 523. The minimum absolute atomic E-state index is 0.0337. The third kappa shape index (κ3) is 4.19. The van der Waals surface area contributed by atoms with Crippen LogP contribution in [-0.4, -0.2) is 12.5 Å². The number of anilines is 1. The molecule has 0 atom stereocenters. The van der Waals surface area contributed by atoms with Gasteiger partial charge in [-0.2, -0.15) is 0 Å². The molecule has 2 aromatic rings. The SMILES string of the molecule is CCNCc1ccccc1NC(=O)Cc1cccs1. The standard InChI is InChI=1S/C15H18N2OS/c1-2-16-11-12-6-3-4-8-14(12)17-15(18)10-13-7-5-9-19-13/h3-9,16H,2,10-11H2,1H3,(H,17,18). The van der Waals surface area contributed by atoms with Gasteiger partial charge < -0.3 is 10.6 Å². The molecule has 0 radical (unpaired) electrons. The maximum absolute atomic E-state index is 12.0. The van der Waals surface area contributed by atoms with Crippen molar-refractivity contribution in [1.29, 1.82) is 0 Å². The molecule has 0 aliphatic heterocycles. The van der Waals surface area contributed by atoms with Crippen LogP contribution in [0.1, 0.15) is 17.4 Å². The van der Waals surface area contributed by atoms with E-state index in [1.165, 1.54) is 0 Å². The highest BCUT2D eigenvalue weighted by Crippen LogP contribution is 2.16. The van der Waals surface area contributed by atoms with Crippen LogP contribution < -0.4 is 10.6 Å². The summed E-state index contributed by atoms with van der Waals surface area (Å²) in [6.45, 7) is 3.75. The molecule has 0 spiro atoms. The van der Waals surface area contributed by atoms with Crippen molar-refractivity contribution in [3.8, 4) is 0 Å². The van der Waals surface area contributed by atoms with E-state index in [0.29, 0.717) is 6.42 Å². The van der Waals surface area contributed by atoms with Gasteiger partial charge in [0.15, 0.2) is 0 Å². The summed E-state index contributed by atoms with van der Waals surface area (Å²) in [4.78, 5) is 13.1. The molecule has 4 heteroatoms. The van der Waals surface area contributed by atoms with E-state index in [1.807, 2.05) is 41.8 Å². The van der Waals surface area contributed by atoms with Crippen molar-refractivity contribution < 1.29 is 4.79 Å². The fraction of sp³-hybridized carbons (Fsp3) is 0.267. The number of para-hydroxylation sites is 1. The number of carbonyl (C=O) groups is 1. The number of hydrogen-bond donors (Lipinski definition) is 2. The van der Waals surface area contributed by atoms with Crippen molar-refractivity contribution in [3.05, 3.63) is 52.2 Å². The van der Waals surface area contributed by atoms with E-state index in [2.05, 4.69) is 17.6 Å². The molecule has 0 saturated carbocycles. The minimum atomic E-state index is 0.0337. The third-order valence-corrected chi connectivity index (χ3v) is 3.65.